The summed E-state index contributed by atoms with van der Waals surface area (Å²) in [5.74, 6) is 0.280. The molecule has 0 spiro atoms. The van der Waals surface area contributed by atoms with Gasteiger partial charge in [-0.25, -0.2) is 4.98 Å². The summed E-state index contributed by atoms with van der Waals surface area (Å²) in [5, 5.41) is 11.6. The van der Waals surface area contributed by atoms with Crippen molar-refractivity contribution >= 4 is 22.6 Å². The van der Waals surface area contributed by atoms with Crippen LogP contribution in [0.15, 0.2) is 41.2 Å². The molecule has 1 N–H and O–H groups in total. The van der Waals surface area contributed by atoms with E-state index in [1.807, 2.05) is 0 Å². The molecule has 0 amide bonds. The third-order valence-electron chi connectivity index (χ3n) is 4.60. The number of benzene rings is 2. The number of fused-ring (bicyclic) bond motifs is 2. The monoisotopic (exact) mass is 411 g/mol. The van der Waals surface area contributed by atoms with Crippen molar-refractivity contribution in [1.82, 2.24) is 9.97 Å². The second-order valence-electron chi connectivity index (χ2n) is 6.65. The van der Waals surface area contributed by atoms with Crippen LogP contribution >= 0.6 is 0 Å². The number of aromatic amines is 1. The molecule has 2 heterocycles. The number of carbonyl (C=O) groups is 1. The summed E-state index contributed by atoms with van der Waals surface area (Å²) in [6.07, 6.45) is 0.179. The largest absolute Gasteiger partial charge is 0.467 e. The number of non-ortho nitro benzene ring substituents is 1. The molecule has 1 aliphatic heterocycles. The fourth-order valence-electron chi connectivity index (χ4n) is 3.20. The highest BCUT2D eigenvalue weighted by Gasteiger charge is 2.21. The van der Waals surface area contributed by atoms with Crippen LogP contribution in [0, 0.1) is 10.1 Å². The maximum absolute atomic E-state index is 12.2. The number of rotatable bonds is 6. The van der Waals surface area contributed by atoms with E-state index in [9.17, 15) is 19.7 Å². The van der Waals surface area contributed by atoms with Gasteiger partial charge in [-0.3, -0.25) is 19.7 Å². The normalized spacial score (nSPS) is 12.8. The van der Waals surface area contributed by atoms with Crippen LogP contribution in [0.4, 0.5) is 5.69 Å². The van der Waals surface area contributed by atoms with Crippen LogP contribution in [0.2, 0.25) is 0 Å². The number of aromatic nitrogens is 2. The molecule has 0 atom stereocenters. The lowest BCUT2D eigenvalue weighted by molar-refractivity contribution is -0.385. The van der Waals surface area contributed by atoms with Crippen LogP contribution in [0.5, 0.6) is 5.75 Å². The summed E-state index contributed by atoms with van der Waals surface area (Å²) in [7, 11) is 0. The predicted molar refractivity (Wildman–Crippen MR) is 104 cm³/mol. The number of nitro benzene ring substituents is 1. The predicted octanol–water partition coefficient (Wildman–Crippen LogP) is 2.37. The topological polar surface area (TPSA) is 134 Å². The first-order chi connectivity index (χ1) is 14.5. The molecular formula is C20H17N3O7. The highest BCUT2D eigenvalue weighted by molar-refractivity contribution is 5.77. The highest BCUT2D eigenvalue weighted by atomic mass is 16.7. The molecule has 3 aromatic rings. The van der Waals surface area contributed by atoms with E-state index in [1.54, 1.807) is 24.3 Å². The van der Waals surface area contributed by atoms with Gasteiger partial charge in [0.05, 0.1) is 28.9 Å². The maximum Gasteiger partial charge on any atom is 0.306 e. The van der Waals surface area contributed by atoms with Crippen LogP contribution < -0.4 is 10.3 Å². The smallest absolute Gasteiger partial charge is 0.306 e. The van der Waals surface area contributed by atoms with E-state index in [0.717, 1.165) is 0 Å². The number of para-hydroxylation sites is 1. The molecule has 0 saturated heterocycles. The average molecular weight is 411 g/mol. The number of ether oxygens (including phenoxy) is 3. The second-order valence-corrected chi connectivity index (χ2v) is 6.65. The lowest BCUT2D eigenvalue weighted by atomic mass is 10.1. The molecule has 154 valence electrons. The molecule has 0 fully saturated rings. The van der Waals surface area contributed by atoms with E-state index < -0.39 is 10.9 Å². The summed E-state index contributed by atoms with van der Waals surface area (Å²) >= 11 is 0. The van der Waals surface area contributed by atoms with Crippen molar-refractivity contribution in [2.24, 2.45) is 0 Å². The lowest BCUT2D eigenvalue weighted by Gasteiger charge is -2.20. The van der Waals surface area contributed by atoms with E-state index in [-0.39, 0.29) is 44.1 Å². The Morgan fingerprint density at radius 2 is 2.13 bits per heavy atom. The number of esters is 1. The van der Waals surface area contributed by atoms with Crippen LogP contribution in [-0.2, 0) is 33.9 Å². The first kappa shape index (κ1) is 19.5. The number of nitrogens with zero attached hydrogens (tertiary/aromatic N) is 2. The zero-order valence-corrected chi connectivity index (χ0v) is 15.8. The first-order valence-corrected chi connectivity index (χ1v) is 9.15. The molecule has 30 heavy (non-hydrogen) atoms. The van der Waals surface area contributed by atoms with Gasteiger partial charge in [0.15, 0.2) is 6.79 Å². The van der Waals surface area contributed by atoms with Gasteiger partial charge in [0.2, 0.25) is 0 Å². The molecule has 0 radical (unpaired) electrons. The molecule has 2 aromatic carbocycles. The van der Waals surface area contributed by atoms with Crippen LogP contribution in [0.1, 0.15) is 23.4 Å². The Balaban J connectivity index is 1.42. The van der Waals surface area contributed by atoms with Gasteiger partial charge in [-0.1, -0.05) is 12.1 Å². The van der Waals surface area contributed by atoms with Gasteiger partial charge in [-0.2, -0.15) is 0 Å². The Morgan fingerprint density at radius 3 is 2.97 bits per heavy atom. The minimum atomic E-state index is -0.530. The van der Waals surface area contributed by atoms with E-state index in [2.05, 4.69) is 9.97 Å². The molecule has 10 nitrogen and oxygen atoms in total. The highest BCUT2D eigenvalue weighted by Crippen LogP contribution is 2.33. The van der Waals surface area contributed by atoms with E-state index in [4.69, 9.17) is 14.2 Å². The van der Waals surface area contributed by atoms with Gasteiger partial charge in [0, 0.05) is 29.7 Å². The van der Waals surface area contributed by atoms with Crippen molar-refractivity contribution < 1.29 is 23.9 Å². The zero-order valence-electron chi connectivity index (χ0n) is 15.8. The third-order valence-corrected chi connectivity index (χ3v) is 4.60. The molecule has 10 heteroatoms. The molecule has 0 aliphatic carbocycles. The van der Waals surface area contributed by atoms with E-state index in [1.165, 1.54) is 12.1 Å². The quantitative estimate of drug-likeness (QED) is 0.371. The van der Waals surface area contributed by atoms with Gasteiger partial charge < -0.3 is 19.2 Å². The average Bonchev–Trinajstić information content (AvgIpc) is 2.75. The molecule has 0 saturated carbocycles. The van der Waals surface area contributed by atoms with Gasteiger partial charge in [-0.05, 0) is 12.1 Å². The number of hydrogen-bond acceptors (Lipinski definition) is 8. The van der Waals surface area contributed by atoms with Crippen LogP contribution in [-0.4, -0.2) is 27.7 Å². The van der Waals surface area contributed by atoms with Crippen molar-refractivity contribution in [2.75, 3.05) is 6.79 Å². The minimum Gasteiger partial charge on any atom is -0.467 e. The number of nitro groups is 1. The molecule has 0 bridgehead atoms. The molecule has 4 rings (SSSR count). The van der Waals surface area contributed by atoms with Crippen molar-refractivity contribution in [1.29, 1.82) is 0 Å². The first-order valence-electron chi connectivity index (χ1n) is 9.15. The molecule has 1 aromatic heterocycles. The van der Waals surface area contributed by atoms with Crippen molar-refractivity contribution in [3.63, 3.8) is 0 Å². The number of carbonyl (C=O) groups excluding carboxylic acids is 1. The van der Waals surface area contributed by atoms with E-state index in [0.29, 0.717) is 33.6 Å². The lowest BCUT2D eigenvalue weighted by Crippen LogP contribution is -2.16. The molecule has 0 unspecified atom stereocenters. The van der Waals surface area contributed by atoms with Crippen molar-refractivity contribution in [3.8, 4) is 5.75 Å². The molecule has 1 aliphatic rings. The maximum atomic E-state index is 12.2. The van der Waals surface area contributed by atoms with Crippen LogP contribution in [0.3, 0.4) is 0 Å². The fourth-order valence-corrected chi connectivity index (χ4v) is 3.20. The summed E-state index contributed by atoms with van der Waals surface area (Å²) in [6.45, 7) is 0.0240. The van der Waals surface area contributed by atoms with Gasteiger partial charge in [0.1, 0.15) is 18.2 Å². The van der Waals surface area contributed by atoms with Crippen molar-refractivity contribution in [3.05, 3.63) is 73.8 Å². The number of aryl methyl sites for hydroxylation is 1. The minimum absolute atomic E-state index is 0.0115. The summed E-state index contributed by atoms with van der Waals surface area (Å²) in [4.78, 5) is 41.9. The summed E-state index contributed by atoms with van der Waals surface area (Å²) < 4.78 is 15.8. The third kappa shape index (κ3) is 4.13. The second kappa shape index (κ2) is 8.29. The Kier molecular flexibility index (Phi) is 5.40. The van der Waals surface area contributed by atoms with Crippen LogP contribution in [0.25, 0.3) is 10.9 Å². The van der Waals surface area contributed by atoms with Crippen molar-refractivity contribution in [2.45, 2.75) is 26.1 Å². The number of hydrogen-bond donors (Lipinski definition) is 1. The van der Waals surface area contributed by atoms with Gasteiger partial charge in [-0.15, -0.1) is 0 Å². The molecular weight excluding hydrogens is 394 g/mol. The standard InChI is InChI=1S/C20H17N3O7/c24-18(6-5-17-21-16-4-2-1-3-15(16)20(25)22-17)29-10-13-8-14(23(26)27)7-12-9-28-11-30-19(12)13/h1-4,7-8H,5-6,9-11H2,(H,21,22,25). The SMILES string of the molecule is O=C(CCc1nc2ccccc2c(=O)[nH]1)OCc1cc([N+](=O)[O-])cc2c1OCOC2. The Morgan fingerprint density at radius 1 is 1.30 bits per heavy atom. The Hall–Kier alpha value is -3.79. The van der Waals surface area contributed by atoms with Gasteiger partial charge in [0.25, 0.3) is 11.2 Å². The zero-order chi connectivity index (χ0) is 21.1. The summed E-state index contributed by atoms with van der Waals surface area (Å²) in [5.41, 5.74) is 1.07. The number of nitrogens with one attached hydrogen (secondary N) is 1. The summed E-state index contributed by atoms with van der Waals surface area (Å²) in [6, 6.07) is 9.62. The number of H-pyrrole nitrogens is 1. The Bertz CT molecular complexity index is 1190. The van der Waals surface area contributed by atoms with E-state index >= 15 is 0 Å². The fraction of sp³-hybridized carbons (Fsp3) is 0.250. The Labute approximate surface area is 169 Å². The van der Waals surface area contributed by atoms with Gasteiger partial charge >= 0.3 is 5.97 Å².